The molecule has 2 saturated carbocycles. The maximum atomic E-state index is 14.2. The molecule has 0 aromatic carbocycles. The van der Waals surface area contributed by atoms with Crippen molar-refractivity contribution >= 4 is 33.8 Å². The molecule has 6 rings (SSSR count). The molecular weight excluding hydrogens is 618 g/mol. The second-order valence-electron chi connectivity index (χ2n) is 12.8. The first kappa shape index (κ1) is 32.2. The Morgan fingerprint density at radius 3 is 2.61 bits per heavy atom. The Bertz CT molecular complexity index is 1450. The van der Waals surface area contributed by atoms with Gasteiger partial charge in [-0.15, -0.1) is 0 Å². The molecule has 46 heavy (non-hydrogen) atoms. The minimum atomic E-state index is -3.85. The van der Waals surface area contributed by atoms with Crippen LogP contribution in [-0.4, -0.2) is 97.0 Å². The van der Waals surface area contributed by atoms with E-state index in [2.05, 4.69) is 20.3 Å². The van der Waals surface area contributed by atoms with E-state index in [0.717, 1.165) is 12.8 Å². The van der Waals surface area contributed by atoms with E-state index in [1.807, 2.05) is 12.2 Å². The highest BCUT2D eigenvalue weighted by molar-refractivity contribution is 7.91. The number of hydrogen-bond acceptors (Lipinski definition) is 10. The van der Waals surface area contributed by atoms with Crippen LogP contribution in [0.3, 0.4) is 0 Å². The van der Waals surface area contributed by atoms with E-state index in [1.165, 1.54) is 4.90 Å². The molecule has 15 heteroatoms. The summed E-state index contributed by atoms with van der Waals surface area (Å²) in [6, 6.07) is 1.35. The Balaban J connectivity index is 1.25. The van der Waals surface area contributed by atoms with Crippen LogP contribution in [0.5, 0.6) is 5.75 Å². The monoisotopic (exact) mass is 659 g/mol. The standard InChI is InChI=1S/C31H41N5O9S/c37-27-26-16-23(44-21-10-13-32-14-11-21)18-36(26)28(38)25(33-30(40)45-22-12-15-43-19-22)7-5-3-1-2-4-6-20-17-31(20,34-27)29(39)35-46(41,42)24-8-9-24/h4,6,10-11,13-14,20,22-26H,1-3,5,7-9,12,15-19H2,(H,33,40)(H,34,37)(H,35,39)/b6-4+/t20-,22-,23-,25+,26+,31-/m1/s1. The molecule has 4 amide bonds. The zero-order chi connectivity index (χ0) is 32.3. The highest BCUT2D eigenvalue weighted by Gasteiger charge is 2.62. The van der Waals surface area contributed by atoms with Gasteiger partial charge < -0.3 is 29.7 Å². The number of carbonyl (C=O) groups excluding carboxylic acids is 4. The zero-order valence-corrected chi connectivity index (χ0v) is 26.4. The van der Waals surface area contributed by atoms with Crippen LogP contribution in [0.15, 0.2) is 36.7 Å². The molecule has 0 radical (unpaired) electrons. The molecule has 1 aromatic rings. The van der Waals surface area contributed by atoms with Crippen LogP contribution in [0.4, 0.5) is 4.79 Å². The topological polar surface area (TPSA) is 182 Å². The Kier molecular flexibility index (Phi) is 9.50. The van der Waals surface area contributed by atoms with Gasteiger partial charge in [0.15, 0.2) is 0 Å². The largest absolute Gasteiger partial charge is 0.488 e. The SMILES string of the molecule is O=C(N[C@H]1CCCCC/C=C/[C@@H]2C[C@@]2(C(=O)NS(=O)(=O)C2CC2)NC(=O)[C@@H]2C[C@@H](Oc3ccncc3)CN2C1=O)O[C@@H]1CCOC1. The first-order chi connectivity index (χ1) is 22.1. The Morgan fingerprint density at radius 1 is 1.07 bits per heavy atom. The van der Waals surface area contributed by atoms with Gasteiger partial charge >= 0.3 is 6.09 Å². The molecule has 0 unspecified atom stereocenters. The third-order valence-electron chi connectivity index (χ3n) is 9.25. The first-order valence-corrected chi connectivity index (χ1v) is 17.7. The summed E-state index contributed by atoms with van der Waals surface area (Å²) in [5, 5.41) is 4.97. The Labute approximate surface area is 268 Å². The molecule has 2 aliphatic carbocycles. The van der Waals surface area contributed by atoms with Gasteiger partial charge in [-0.05, 0) is 50.7 Å². The van der Waals surface area contributed by atoms with Gasteiger partial charge in [0, 0.05) is 31.2 Å². The molecule has 1 aromatic heterocycles. The van der Waals surface area contributed by atoms with E-state index < -0.39 is 74.8 Å². The number of aromatic nitrogens is 1. The number of allylic oxidation sites excluding steroid dienone is 1. The summed E-state index contributed by atoms with van der Waals surface area (Å²) in [5.41, 5.74) is -1.46. The van der Waals surface area contributed by atoms with Crippen molar-refractivity contribution in [2.75, 3.05) is 19.8 Å². The maximum absolute atomic E-state index is 14.2. The van der Waals surface area contributed by atoms with Crippen molar-refractivity contribution in [3.63, 3.8) is 0 Å². The first-order valence-electron chi connectivity index (χ1n) is 16.1. The molecule has 4 heterocycles. The smallest absolute Gasteiger partial charge is 0.408 e. The molecule has 3 N–H and O–H groups in total. The minimum absolute atomic E-state index is 0.0571. The van der Waals surface area contributed by atoms with E-state index in [1.54, 1.807) is 24.5 Å². The lowest BCUT2D eigenvalue weighted by molar-refractivity contribution is -0.141. The van der Waals surface area contributed by atoms with E-state index in [9.17, 15) is 27.6 Å². The van der Waals surface area contributed by atoms with Crippen molar-refractivity contribution in [3.8, 4) is 5.75 Å². The van der Waals surface area contributed by atoms with Crippen LogP contribution >= 0.6 is 0 Å². The highest BCUT2D eigenvalue weighted by Crippen LogP contribution is 2.46. The lowest BCUT2D eigenvalue weighted by Gasteiger charge is -2.30. The third-order valence-corrected chi connectivity index (χ3v) is 11.1. The fourth-order valence-electron chi connectivity index (χ4n) is 6.39. The zero-order valence-electron chi connectivity index (χ0n) is 25.6. The molecule has 6 atom stereocenters. The van der Waals surface area contributed by atoms with Crippen LogP contribution in [0.1, 0.15) is 64.2 Å². The van der Waals surface area contributed by atoms with Crippen LogP contribution in [0, 0.1) is 5.92 Å². The van der Waals surface area contributed by atoms with E-state index in [4.69, 9.17) is 14.2 Å². The van der Waals surface area contributed by atoms with Crippen LogP contribution in [-0.2, 0) is 33.9 Å². The Hall–Kier alpha value is -3.72. The molecule has 14 nitrogen and oxygen atoms in total. The minimum Gasteiger partial charge on any atom is -0.488 e. The second kappa shape index (κ2) is 13.6. The van der Waals surface area contributed by atoms with Crippen molar-refractivity contribution in [1.82, 2.24) is 25.2 Å². The van der Waals surface area contributed by atoms with E-state index >= 15 is 0 Å². The number of ether oxygens (including phenoxy) is 3. The predicted molar refractivity (Wildman–Crippen MR) is 163 cm³/mol. The molecule has 4 fully saturated rings. The third kappa shape index (κ3) is 7.46. The summed E-state index contributed by atoms with van der Waals surface area (Å²) in [4.78, 5) is 60.0. The summed E-state index contributed by atoms with van der Waals surface area (Å²) in [5.74, 6) is -1.71. The summed E-state index contributed by atoms with van der Waals surface area (Å²) in [6.45, 7) is 0.840. The summed E-state index contributed by atoms with van der Waals surface area (Å²) >= 11 is 0. The summed E-state index contributed by atoms with van der Waals surface area (Å²) in [6.07, 6.45) is 10.4. The number of alkyl carbamates (subject to hydrolysis) is 1. The number of rotatable bonds is 7. The van der Waals surface area contributed by atoms with Gasteiger partial charge in [-0.25, -0.2) is 13.2 Å². The predicted octanol–water partition coefficient (Wildman–Crippen LogP) is 1.32. The van der Waals surface area contributed by atoms with Gasteiger partial charge in [0.1, 0.15) is 35.6 Å². The molecule has 0 spiro atoms. The number of fused-ring (bicyclic) bond motifs is 2. The van der Waals surface area contributed by atoms with Crippen molar-refractivity contribution in [3.05, 3.63) is 36.7 Å². The highest BCUT2D eigenvalue weighted by atomic mass is 32.2. The molecule has 250 valence electrons. The van der Waals surface area contributed by atoms with Crippen molar-refractivity contribution in [2.24, 2.45) is 5.92 Å². The number of sulfonamides is 1. The fourth-order valence-corrected chi connectivity index (χ4v) is 7.75. The molecule has 3 aliphatic heterocycles. The van der Waals surface area contributed by atoms with Gasteiger partial charge in [-0.3, -0.25) is 24.1 Å². The maximum Gasteiger partial charge on any atom is 0.408 e. The average Bonchev–Trinajstić information content (AvgIpc) is 3.90. The van der Waals surface area contributed by atoms with Crippen molar-refractivity contribution in [2.45, 2.75) is 99.3 Å². The van der Waals surface area contributed by atoms with E-state index in [0.29, 0.717) is 57.5 Å². The number of amides is 4. The van der Waals surface area contributed by atoms with E-state index in [-0.39, 0.29) is 19.4 Å². The van der Waals surface area contributed by atoms with Gasteiger partial charge in [0.05, 0.1) is 25.0 Å². The lowest BCUT2D eigenvalue weighted by atomic mass is 10.0. The van der Waals surface area contributed by atoms with Crippen LogP contribution in [0.25, 0.3) is 0 Å². The number of pyridine rings is 1. The van der Waals surface area contributed by atoms with Crippen LogP contribution in [0.2, 0.25) is 0 Å². The van der Waals surface area contributed by atoms with Gasteiger partial charge in [0.2, 0.25) is 21.8 Å². The molecule has 5 aliphatic rings. The summed E-state index contributed by atoms with van der Waals surface area (Å²) < 4.78 is 44.4. The quantitative estimate of drug-likeness (QED) is 0.361. The van der Waals surface area contributed by atoms with Gasteiger partial charge in [-0.1, -0.05) is 25.0 Å². The van der Waals surface area contributed by atoms with Gasteiger partial charge in [-0.2, -0.15) is 0 Å². The molecular formula is C31H41N5O9S. The normalized spacial score (nSPS) is 32.5. The number of carbonyl (C=O) groups is 4. The van der Waals surface area contributed by atoms with Crippen LogP contribution < -0.4 is 20.1 Å². The average molecular weight is 660 g/mol. The summed E-state index contributed by atoms with van der Waals surface area (Å²) in [7, 11) is -3.85. The molecule has 0 bridgehead atoms. The number of nitrogens with one attached hydrogen (secondary N) is 3. The number of hydrogen-bond donors (Lipinski definition) is 3. The lowest BCUT2D eigenvalue weighted by Crippen LogP contribution is -2.58. The second-order valence-corrected chi connectivity index (χ2v) is 14.7. The fraction of sp³-hybridized carbons (Fsp3) is 0.645. The van der Waals surface area contributed by atoms with Crippen molar-refractivity contribution < 1.29 is 41.8 Å². The van der Waals surface area contributed by atoms with Crippen molar-refractivity contribution in [1.29, 1.82) is 0 Å². The molecule has 2 saturated heterocycles. The Morgan fingerprint density at radius 2 is 1.87 bits per heavy atom. The number of nitrogens with zero attached hydrogens (tertiary/aromatic N) is 2. The van der Waals surface area contributed by atoms with Gasteiger partial charge in [0.25, 0.3) is 5.91 Å².